The standard InChI is InChI=1S/C13H26N2O2/c1-11(2)5-7-15-6-3-4-12(10-15)8-14-9-13(16)17/h11-12,14H,3-10H2,1-2H3,(H,16,17). The summed E-state index contributed by atoms with van der Waals surface area (Å²) in [4.78, 5) is 12.9. The number of hydrogen-bond acceptors (Lipinski definition) is 3. The summed E-state index contributed by atoms with van der Waals surface area (Å²) in [5.74, 6) is 0.619. The number of carbonyl (C=O) groups is 1. The first-order valence-electron chi connectivity index (χ1n) is 6.72. The van der Waals surface area contributed by atoms with Gasteiger partial charge in [-0.1, -0.05) is 13.8 Å². The van der Waals surface area contributed by atoms with Crippen molar-refractivity contribution in [2.45, 2.75) is 33.1 Å². The molecule has 17 heavy (non-hydrogen) atoms. The van der Waals surface area contributed by atoms with E-state index in [1.54, 1.807) is 0 Å². The molecular formula is C13H26N2O2. The normalized spacial score (nSPS) is 21.9. The molecule has 1 aliphatic rings. The predicted molar refractivity (Wildman–Crippen MR) is 69.1 cm³/mol. The largest absolute Gasteiger partial charge is 0.480 e. The van der Waals surface area contributed by atoms with E-state index in [1.165, 1.54) is 32.4 Å². The van der Waals surface area contributed by atoms with Crippen LogP contribution in [0.4, 0.5) is 0 Å². The molecule has 0 radical (unpaired) electrons. The zero-order valence-electron chi connectivity index (χ0n) is 11.1. The second-order valence-corrected chi connectivity index (χ2v) is 5.52. The third-order valence-corrected chi connectivity index (χ3v) is 3.34. The molecule has 1 unspecified atom stereocenters. The Bertz CT molecular complexity index is 231. The van der Waals surface area contributed by atoms with Gasteiger partial charge in [0.05, 0.1) is 6.54 Å². The van der Waals surface area contributed by atoms with Crippen LogP contribution >= 0.6 is 0 Å². The van der Waals surface area contributed by atoms with Crippen molar-refractivity contribution in [3.8, 4) is 0 Å². The minimum atomic E-state index is -0.766. The molecule has 0 amide bonds. The van der Waals surface area contributed by atoms with Crippen molar-refractivity contribution in [2.75, 3.05) is 32.7 Å². The molecule has 100 valence electrons. The van der Waals surface area contributed by atoms with Crippen molar-refractivity contribution in [3.63, 3.8) is 0 Å². The van der Waals surface area contributed by atoms with Crippen LogP contribution in [-0.2, 0) is 4.79 Å². The lowest BCUT2D eigenvalue weighted by molar-refractivity contribution is -0.136. The number of hydrogen-bond donors (Lipinski definition) is 2. The number of nitrogens with zero attached hydrogens (tertiary/aromatic N) is 1. The van der Waals surface area contributed by atoms with Crippen molar-refractivity contribution >= 4 is 5.97 Å². The zero-order chi connectivity index (χ0) is 12.7. The highest BCUT2D eigenvalue weighted by molar-refractivity contribution is 5.68. The number of carboxylic acid groups (broad SMARTS) is 1. The third kappa shape index (κ3) is 6.64. The zero-order valence-corrected chi connectivity index (χ0v) is 11.1. The maximum atomic E-state index is 10.4. The molecule has 4 heteroatoms. The van der Waals surface area contributed by atoms with Gasteiger partial charge in [-0.2, -0.15) is 0 Å². The summed E-state index contributed by atoms with van der Waals surface area (Å²) in [7, 11) is 0. The van der Waals surface area contributed by atoms with Crippen molar-refractivity contribution in [1.82, 2.24) is 10.2 Å². The maximum absolute atomic E-state index is 10.4. The van der Waals surface area contributed by atoms with Gasteiger partial charge in [-0.15, -0.1) is 0 Å². The second-order valence-electron chi connectivity index (χ2n) is 5.52. The highest BCUT2D eigenvalue weighted by Crippen LogP contribution is 2.16. The Kier molecular flexibility index (Phi) is 6.52. The topological polar surface area (TPSA) is 52.6 Å². The molecule has 0 spiro atoms. The minimum Gasteiger partial charge on any atom is -0.480 e. The van der Waals surface area contributed by atoms with E-state index < -0.39 is 5.97 Å². The number of piperidine rings is 1. The summed E-state index contributed by atoms with van der Waals surface area (Å²) >= 11 is 0. The fourth-order valence-electron chi connectivity index (χ4n) is 2.34. The van der Waals surface area contributed by atoms with Crippen molar-refractivity contribution < 1.29 is 9.90 Å². The average molecular weight is 242 g/mol. The molecule has 4 nitrogen and oxygen atoms in total. The molecule has 0 aromatic carbocycles. The van der Waals surface area contributed by atoms with E-state index in [9.17, 15) is 4.79 Å². The Morgan fingerprint density at radius 1 is 1.53 bits per heavy atom. The monoisotopic (exact) mass is 242 g/mol. The van der Waals surface area contributed by atoms with Crippen LogP contribution in [0, 0.1) is 11.8 Å². The van der Waals surface area contributed by atoms with E-state index in [4.69, 9.17) is 5.11 Å². The van der Waals surface area contributed by atoms with Gasteiger partial charge in [-0.05, 0) is 50.7 Å². The fourth-order valence-corrected chi connectivity index (χ4v) is 2.34. The van der Waals surface area contributed by atoms with E-state index in [1.807, 2.05) is 0 Å². The number of nitrogens with one attached hydrogen (secondary N) is 1. The van der Waals surface area contributed by atoms with Crippen LogP contribution in [-0.4, -0.2) is 48.7 Å². The Balaban J connectivity index is 2.17. The van der Waals surface area contributed by atoms with Crippen LogP contribution in [0.3, 0.4) is 0 Å². The van der Waals surface area contributed by atoms with E-state index in [0.29, 0.717) is 5.92 Å². The minimum absolute atomic E-state index is 0.0858. The number of likely N-dealkylation sites (tertiary alicyclic amines) is 1. The van der Waals surface area contributed by atoms with E-state index in [0.717, 1.165) is 19.0 Å². The molecule has 0 aromatic heterocycles. The van der Waals surface area contributed by atoms with E-state index in [2.05, 4.69) is 24.1 Å². The first-order valence-corrected chi connectivity index (χ1v) is 6.72. The lowest BCUT2D eigenvalue weighted by Gasteiger charge is -2.33. The van der Waals surface area contributed by atoms with Crippen LogP contribution in [0.1, 0.15) is 33.1 Å². The molecule has 1 aliphatic heterocycles. The Morgan fingerprint density at radius 3 is 2.94 bits per heavy atom. The van der Waals surface area contributed by atoms with Gasteiger partial charge >= 0.3 is 5.97 Å². The highest BCUT2D eigenvalue weighted by Gasteiger charge is 2.19. The van der Waals surface area contributed by atoms with Gasteiger partial charge < -0.3 is 15.3 Å². The molecule has 0 aliphatic carbocycles. The molecule has 1 rings (SSSR count). The molecule has 1 atom stereocenters. The molecular weight excluding hydrogens is 216 g/mol. The molecule has 1 fully saturated rings. The maximum Gasteiger partial charge on any atom is 0.317 e. The Morgan fingerprint density at radius 2 is 2.29 bits per heavy atom. The third-order valence-electron chi connectivity index (χ3n) is 3.34. The van der Waals surface area contributed by atoms with E-state index >= 15 is 0 Å². The number of carboxylic acids is 1. The van der Waals surface area contributed by atoms with Gasteiger partial charge in [-0.25, -0.2) is 0 Å². The quantitative estimate of drug-likeness (QED) is 0.709. The molecule has 0 saturated carbocycles. The smallest absolute Gasteiger partial charge is 0.317 e. The molecule has 1 saturated heterocycles. The van der Waals surface area contributed by atoms with Gasteiger partial charge in [0.1, 0.15) is 0 Å². The van der Waals surface area contributed by atoms with Gasteiger partial charge in [0, 0.05) is 6.54 Å². The SMILES string of the molecule is CC(C)CCN1CCCC(CNCC(=O)O)C1. The Hall–Kier alpha value is -0.610. The predicted octanol–water partition coefficient (Wildman–Crippen LogP) is 1.42. The highest BCUT2D eigenvalue weighted by atomic mass is 16.4. The van der Waals surface area contributed by atoms with Crippen LogP contribution in [0.25, 0.3) is 0 Å². The molecule has 0 bridgehead atoms. The summed E-state index contributed by atoms with van der Waals surface area (Å²) in [6.45, 7) is 8.97. The van der Waals surface area contributed by atoms with Crippen LogP contribution < -0.4 is 5.32 Å². The first-order chi connectivity index (χ1) is 8.08. The van der Waals surface area contributed by atoms with Gasteiger partial charge in [0.25, 0.3) is 0 Å². The average Bonchev–Trinajstić information content (AvgIpc) is 2.26. The lowest BCUT2D eigenvalue weighted by atomic mass is 9.97. The van der Waals surface area contributed by atoms with Gasteiger partial charge in [0.15, 0.2) is 0 Å². The number of aliphatic carboxylic acids is 1. The summed E-state index contributed by atoms with van der Waals surface area (Å²) in [5, 5.41) is 11.6. The van der Waals surface area contributed by atoms with Gasteiger partial charge in [0.2, 0.25) is 0 Å². The van der Waals surface area contributed by atoms with Crippen molar-refractivity contribution in [1.29, 1.82) is 0 Å². The lowest BCUT2D eigenvalue weighted by Crippen LogP contribution is -2.41. The molecule has 0 aromatic rings. The number of rotatable bonds is 7. The van der Waals surface area contributed by atoms with Crippen molar-refractivity contribution in [3.05, 3.63) is 0 Å². The second kappa shape index (κ2) is 7.67. The van der Waals surface area contributed by atoms with Gasteiger partial charge in [-0.3, -0.25) is 4.79 Å². The van der Waals surface area contributed by atoms with Crippen LogP contribution in [0.5, 0.6) is 0 Å². The first kappa shape index (κ1) is 14.5. The van der Waals surface area contributed by atoms with E-state index in [-0.39, 0.29) is 6.54 Å². The summed E-state index contributed by atoms with van der Waals surface area (Å²) in [6, 6.07) is 0. The molecule has 1 heterocycles. The molecule has 2 N–H and O–H groups in total. The summed E-state index contributed by atoms with van der Waals surface area (Å²) < 4.78 is 0. The van der Waals surface area contributed by atoms with Crippen LogP contribution in [0.2, 0.25) is 0 Å². The van der Waals surface area contributed by atoms with Crippen molar-refractivity contribution in [2.24, 2.45) is 11.8 Å². The van der Waals surface area contributed by atoms with Crippen LogP contribution in [0.15, 0.2) is 0 Å². The summed E-state index contributed by atoms with van der Waals surface area (Å²) in [5.41, 5.74) is 0. The fraction of sp³-hybridized carbons (Fsp3) is 0.923. The summed E-state index contributed by atoms with van der Waals surface area (Å²) in [6.07, 6.45) is 3.73. The Labute approximate surface area is 104 Å².